The average molecular weight is 383 g/mol. The Morgan fingerprint density at radius 2 is 2.20 bits per heavy atom. The molecular formula is C16H19ClN4O3S. The van der Waals surface area contributed by atoms with E-state index in [4.69, 9.17) is 11.6 Å². The zero-order chi connectivity index (χ0) is 18.0. The summed E-state index contributed by atoms with van der Waals surface area (Å²) in [5, 5.41) is 3.34. The van der Waals surface area contributed by atoms with Crippen LogP contribution in [0.1, 0.15) is 12.8 Å². The molecule has 7 nitrogen and oxygen atoms in total. The molecule has 1 aromatic carbocycles. The van der Waals surface area contributed by atoms with Gasteiger partial charge in [0.05, 0.1) is 12.2 Å². The maximum Gasteiger partial charge on any atom is 0.262 e. The normalized spacial score (nSPS) is 18.9. The summed E-state index contributed by atoms with van der Waals surface area (Å²) in [5.41, 5.74) is 0.599. The van der Waals surface area contributed by atoms with Gasteiger partial charge in [0.1, 0.15) is 0 Å². The second kappa shape index (κ2) is 7.15. The first-order valence-electron chi connectivity index (χ1n) is 7.91. The highest BCUT2D eigenvalue weighted by Gasteiger charge is 2.34. The summed E-state index contributed by atoms with van der Waals surface area (Å²) in [5.74, 6) is -0.616. The van der Waals surface area contributed by atoms with Crippen molar-refractivity contribution in [3.63, 3.8) is 0 Å². The highest BCUT2D eigenvalue weighted by atomic mass is 35.5. The van der Waals surface area contributed by atoms with E-state index < -0.39 is 15.9 Å². The van der Waals surface area contributed by atoms with Crippen molar-refractivity contribution >= 4 is 33.2 Å². The van der Waals surface area contributed by atoms with Gasteiger partial charge in [-0.2, -0.15) is 4.31 Å². The topological polar surface area (TPSA) is 84.3 Å². The van der Waals surface area contributed by atoms with Crippen molar-refractivity contribution in [3.05, 3.63) is 41.8 Å². The maximum atomic E-state index is 12.7. The Bertz CT molecular complexity index is 881. The first kappa shape index (κ1) is 17.9. The molecule has 2 aromatic rings. The molecule has 0 bridgehead atoms. The third kappa shape index (κ3) is 4.02. The Hall–Kier alpha value is -1.90. The molecule has 1 fully saturated rings. The van der Waals surface area contributed by atoms with Gasteiger partial charge in [0.25, 0.3) is 10.0 Å². The number of carbonyl (C=O) groups is 1. The van der Waals surface area contributed by atoms with Crippen molar-refractivity contribution in [1.82, 2.24) is 13.9 Å². The first-order chi connectivity index (χ1) is 11.9. The van der Waals surface area contributed by atoms with E-state index in [1.54, 1.807) is 35.9 Å². The summed E-state index contributed by atoms with van der Waals surface area (Å²) < 4.78 is 28.3. The summed E-state index contributed by atoms with van der Waals surface area (Å²) in [6.45, 7) is 0.533. The SMILES string of the molecule is Cn1cnc(S(=O)(=O)N2CCCC(C(=O)Nc3cccc(Cl)c3)C2)c1. The summed E-state index contributed by atoms with van der Waals surface area (Å²) in [7, 11) is -1.98. The molecule has 1 N–H and O–H groups in total. The Labute approximate surface area is 151 Å². The lowest BCUT2D eigenvalue weighted by Crippen LogP contribution is -2.43. The zero-order valence-corrected chi connectivity index (χ0v) is 15.3. The molecule has 134 valence electrons. The molecule has 0 saturated carbocycles. The van der Waals surface area contributed by atoms with E-state index in [0.717, 1.165) is 0 Å². The highest BCUT2D eigenvalue weighted by Crippen LogP contribution is 2.24. The fourth-order valence-electron chi connectivity index (χ4n) is 2.84. The molecular weight excluding hydrogens is 364 g/mol. The Balaban J connectivity index is 1.71. The van der Waals surface area contributed by atoms with Crippen molar-refractivity contribution in [1.29, 1.82) is 0 Å². The predicted octanol–water partition coefficient (Wildman–Crippen LogP) is 2.11. The second-order valence-electron chi connectivity index (χ2n) is 6.08. The molecule has 25 heavy (non-hydrogen) atoms. The van der Waals surface area contributed by atoms with Gasteiger partial charge in [-0.15, -0.1) is 0 Å². The number of rotatable bonds is 4. The number of aromatic nitrogens is 2. The van der Waals surface area contributed by atoms with Crippen molar-refractivity contribution in [2.45, 2.75) is 17.9 Å². The minimum atomic E-state index is -3.69. The van der Waals surface area contributed by atoms with Gasteiger partial charge in [-0.05, 0) is 31.0 Å². The van der Waals surface area contributed by atoms with Gasteiger partial charge in [0.2, 0.25) is 5.91 Å². The maximum absolute atomic E-state index is 12.7. The van der Waals surface area contributed by atoms with E-state index in [1.165, 1.54) is 16.8 Å². The molecule has 1 aromatic heterocycles. The Kier molecular flexibility index (Phi) is 5.12. The molecule has 0 aliphatic carbocycles. The van der Waals surface area contributed by atoms with Gasteiger partial charge in [-0.1, -0.05) is 17.7 Å². The number of nitrogens with one attached hydrogen (secondary N) is 1. The number of carbonyl (C=O) groups excluding carboxylic acids is 1. The molecule has 2 heterocycles. The molecule has 1 aliphatic rings. The summed E-state index contributed by atoms with van der Waals surface area (Å²) in [6, 6.07) is 6.87. The summed E-state index contributed by atoms with van der Waals surface area (Å²) in [6.07, 6.45) is 4.17. The van der Waals surface area contributed by atoms with E-state index in [-0.39, 0.29) is 17.5 Å². The number of benzene rings is 1. The van der Waals surface area contributed by atoms with E-state index in [0.29, 0.717) is 30.1 Å². The zero-order valence-electron chi connectivity index (χ0n) is 13.7. The Morgan fingerprint density at radius 1 is 1.40 bits per heavy atom. The van der Waals surface area contributed by atoms with Gasteiger partial charge in [-0.25, -0.2) is 13.4 Å². The lowest BCUT2D eigenvalue weighted by atomic mass is 9.99. The van der Waals surface area contributed by atoms with E-state index in [1.807, 2.05) is 0 Å². The average Bonchev–Trinajstić information content (AvgIpc) is 3.02. The number of imidazole rings is 1. The minimum absolute atomic E-state index is 0.00546. The molecule has 0 radical (unpaired) electrons. The smallest absolute Gasteiger partial charge is 0.262 e. The fourth-order valence-corrected chi connectivity index (χ4v) is 4.52. The monoisotopic (exact) mass is 382 g/mol. The highest BCUT2D eigenvalue weighted by molar-refractivity contribution is 7.89. The van der Waals surface area contributed by atoms with Crippen LogP contribution in [0, 0.1) is 5.92 Å². The fraction of sp³-hybridized carbons (Fsp3) is 0.375. The van der Waals surface area contributed by atoms with Crippen LogP contribution in [0.4, 0.5) is 5.69 Å². The lowest BCUT2D eigenvalue weighted by molar-refractivity contribution is -0.120. The summed E-state index contributed by atoms with van der Waals surface area (Å²) in [4.78, 5) is 16.4. The van der Waals surface area contributed by atoms with Crippen LogP contribution < -0.4 is 5.32 Å². The van der Waals surface area contributed by atoms with Gasteiger partial charge in [0, 0.05) is 37.0 Å². The van der Waals surface area contributed by atoms with Crippen LogP contribution in [0.5, 0.6) is 0 Å². The molecule has 1 atom stereocenters. The molecule has 1 aliphatic heterocycles. The standard InChI is InChI=1S/C16H19ClN4O3S/c1-20-10-15(18-11-20)25(23,24)21-7-3-4-12(9-21)16(22)19-14-6-2-5-13(17)8-14/h2,5-6,8,10-12H,3-4,7,9H2,1H3,(H,19,22). The van der Waals surface area contributed by atoms with E-state index >= 15 is 0 Å². The number of sulfonamides is 1. The third-order valence-electron chi connectivity index (χ3n) is 4.13. The van der Waals surface area contributed by atoms with Gasteiger partial charge < -0.3 is 9.88 Å². The van der Waals surface area contributed by atoms with Gasteiger partial charge in [-0.3, -0.25) is 4.79 Å². The van der Waals surface area contributed by atoms with Crippen molar-refractivity contribution < 1.29 is 13.2 Å². The third-order valence-corrected chi connectivity index (χ3v) is 6.12. The number of anilines is 1. The van der Waals surface area contributed by atoms with Crippen molar-refractivity contribution in [2.75, 3.05) is 18.4 Å². The predicted molar refractivity (Wildman–Crippen MR) is 94.8 cm³/mol. The number of hydrogen-bond donors (Lipinski definition) is 1. The van der Waals surface area contributed by atoms with Crippen LogP contribution in [-0.2, 0) is 21.9 Å². The van der Waals surface area contributed by atoms with Crippen LogP contribution in [0.2, 0.25) is 5.02 Å². The number of hydrogen-bond acceptors (Lipinski definition) is 4. The lowest BCUT2D eigenvalue weighted by Gasteiger charge is -2.30. The number of nitrogens with zero attached hydrogens (tertiary/aromatic N) is 3. The van der Waals surface area contributed by atoms with Gasteiger partial charge >= 0.3 is 0 Å². The van der Waals surface area contributed by atoms with Crippen molar-refractivity contribution in [3.8, 4) is 0 Å². The molecule has 9 heteroatoms. The quantitative estimate of drug-likeness (QED) is 0.877. The van der Waals surface area contributed by atoms with Crippen LogP contribution in [-0.4, -0.2) is 41.3 Å². The van der Waals surface area contributed by atoms with Crippen LogP contribution >= 0.6 is 11.6 Å². The van der Waals surface area contributed by atoms with Gasteiger partial charge in [0.15, 0.2) is 5.03 Å². The molecule has 3 rings (SSSR count). The van der Waals surface area contributed by atoms with Crippen LogP contribution in [0.15, 0.2) is 41.8 Å². The van der Waals surface area contributed by atoms with Crippen LogP contribution in [0.3, 0.4) is 0 Å². The van der Waals surface area contributed by atoms with Crippen molar-refractivity contribution in [2.24, 2.45) is 13.0 Å². The van der Waals surface area contributed by atoms with E-state index in [9.17, 15) is 13.2 Å². The minimum Gasteiger partial charge on any atom is -0.339 e. The number of halogens is 1. The second-order valence-corrected chi connectivity index (χ2v) is 8.40. The summed E-state index contributed by atoms with van der Waals surface area (Å²) >= 11 is 5.92. The largest absolute Gasteiger partial charge is 0.339 e. The first-order valence-corrected chi connectivity index (χ1v) is 9.72. The number of piperidine rings is 1. The Morgan fingerprint density at radius 3 is 2.88 bits per heavy atom. The number of amides is 1. The molecule has 0 spiro atoms. The van der Waals surface area contributed by atoms with E-state index in [2.05, 4.69) is 10.3 Å². The molecule has 1 unspecified atom stereocenters. The molecule has 1 amide bonds. The van der Waals surface area contributed by atoms with Crippen LogP contribution in [0.25, 0.3) is 0 Å². The molecule has 1 saturated heterocycles. The number of aryl methyl sites for hydroxylation is 1.